The van der Waals surface area contributed by atoms with Gasteiger partial charge in [0.2, 0.25) is 5.95 Å². The molecule has 9 nitrogen and oxygen atoms in total. The molecule has 4 aromatic rings. The molecule has 0 atom stereocenters. The van der Waals surface area contributed by atoms with Gasteiger partial charge in [-0.2, -0.15) is 10.4 Å². The van der Waals surface area contributed by atoms with E-state index < -0.39 is 0 Å². The first kappa shape index (κ1) is 19.4. The molecule has 6 rings (SSSR count). The van der Waals surface area contributed by atoms with Gasteiger partial charge in [-0.25, -0.2) is 9.97 Å². The van der Waals surface area contributed by atoms with Crippen LogP contribution in [0.15, 0.2) is 42.3 Å². The summed E-state index contributed by atoms with van der Waals surface area (Å²) in [6, 6.07) is 6.91. The molecule has 162 valence electrons. The second-order valence-electron chi connectivity index (χ2n) is 8.72. The minimum atomic E-state index is -0.260. The summed E-state index contributed by atoms with van der Waals surface area (Å²) < 4.78 is 5.21. The number of hydrogen-bond acceptors (Lipinski definition) is 8. The Morgan fingerprint density at radius 2 is 2.16 bits per heavy atom. The molecule has 2 fully saturated rings. The highest BCUT2D eigenvalue weighted by Gasteiger charge is 2.43. The van der Waals surface area contributed by atoms with Crippen molar-refractivity contribution in [2.45, 2.75) is 18.0 Å². The van der Waals surface area contributed by atoms with Crippen LogP contribution < -0.4 is 10.6 Å². The fraction of sp³-hybridized carbons (Fsp3) is 0.364. The molecule has 2 saturated heterocycles. The molecule has 0 aromatic carbocycles. The van der Waals surface area contributed by atoms with Gasteiger partial charge in [0.05, 0.1) is 46.3 Å². The molecule has 0 amide bonds. The van der Waals surface area contributed by atoms with Gasteiger partial charge in [0.25, 0.3) is 0 Å². The Hall–Kier alpha value is -3.26. The molecular formula is C22H23N9S. The number of anilines is 2. The van der Waals surface area contributed by atoms with Gasteiger partial charge in [-0.05, 0) is 24.6 Å². The third-order valence-electron chi connectivity index (χ3n) is 6.33. The zero-order chi connectivity index (χ0) is 21.7. The molecule has 2 N–H and O–H groups in total. The van der Waals surface area contributed by atoms with Crippen molar-refractivity contribution >= 4 is 33.2 Å². The third-order valence-corrected chi connectivity index (χ3v) is 7.24. The largest absolute Gasteiger partial charge is 0.347 e. The number of thiophene rings is 1. The Morgan fingerprint density at radius 1 is 1.28 bits per heavy atom. The minimum absolute atomic E-state index is 0.260. The average Bonchev–Trinajstić information content (AvgIpc) is 3.46. The Balaban J connectivity index is 1.33. The maximum absolute atomic E-state index is 9.34. The van der Waals surface area contributed by atoms with Crippen molar-refractivity contribution in [1.82, 2.24) is 34.5 Å². The summed E-state index contributed by atoms with van der Waals surface area (Å²) in [5.41, 5.74) is 3.42. The van der Waals surface area contributed by atoms with Crippen LogP contribution in [-0.2, 0) is 5.54 Å². The summed E-state index contributed by atoms with van der Waals surface area (Å²) in [6.45, 7) is 3.64. The normalized spacial score (nSPS) is 18.2. The number of nitriles is 1. The van der Waals surface area contributed by atoms with Gasteiger partial charge in [0.1, 0.15) is 5.54 Å². The van der Waals surface area contributed by atoms with Crippen molar-refractivity contribution in [3.8, 4) is 17.3 Å². The van der Waals surface area contributed by atoms with Gasteiger partial charge in [0.15, 0.2) is 0 Å². The van der Waals surface area contributed by atoms with Crippen LogP contribution in [0.1, 0.15) is 12.5 Å². The van der Waals surface area contributed by atoms with E-state index in [9.17, 15) is 5.26 Å². The lowest BCUT2D eigenvalue weighted by atomic mass is 9.87. The molecule has 0 bridgehead atoms. The number of aromatic nitrogens is 5. The van der Waals surface area contributed by atoms with E-state index in [0.29, 0.717) is 18.4 Å². The van der Waals surface area contributed by atoms with Crippen molar-refractivity contribution in [2.24, 2.45) is 0 Å². The van der Waals surface area contributed by atoms with Crippen molar-refractivity contribution < 1.29 is 0 Å². The molecule has 4 aromatic heterocycles. The molecule has 0 radical (unpaired) electrons. The zero-order valence-electron chi connectivity index (χ0n) is 17.7. The summed E-state index contributed by atoms with van der Waals surface area (Å²) in [6.07, 6.45) is 8.50. The van der Waals surface area contributed by atoms with Gasteiger partial charge in [-0.15, -0.1) is 11.3 Å². The van der Waals surface area contributed by atoms with E-state index in [0.717, 1.165) is 53.3 Å². The number of hydrogen-bond donors (Lipinski definition) is 2. The maximum atomic E-state index is 9.34. The second-order valence-corrected chi connectivity index (χ2v) is 9.64. The van der Waals surface area contributed by atoms with Crippen LogP contribution in [0.2, 0.25) is 0 Å². The van der Waals surface area contributed by atoms with Gasteiger partial charge in [-0.1, -0.05) is 0 Å². The number of likely N-dealkylation sites (N-methyl/N-ethyl adjacent to an activating group) is 1. The molecule has 2 aliphatic heterocycles. The summed E-state index contributed by atoms with van der Waals surface area (Å²) in [4.78, 5) is 11.8. The number of rotatable bonds is 6. The first-order valence-corrected chi connectivity index (χ1v) is 11.5. The predicted octanol–water partition coefficient (Wildman–Crippen LogP) is 2.80. The van der Waals surface area contributed by atoms with E-state index in [-0.39, 0.29) is 5.54 Å². The van der Waals surface area contributed by atoms with Crippen molar-refractivity contribution in [2.75, 3.05) is 38.5 Å². The zero-order valence-corrected chi connectivity index (χ0v) is 18.5. The lowest BCUT2D eigenvalue weighted by Gasteiger charge is -2.47. The summed E-state index contributed by atoms with van der Waals surface area (Å²) in [7, 11) is 2.06. The SMILES string of the molecule is CN1CC(CC#N)(n2cc(-c3nc(Nc4ccn(C5CNC5)c4)nc4ccsc34)cn2)C1. The number of fused-ring (bicyclic) bond motifs is 1. The fourth-order valence-corrected chi connectivity index (χ4v) is 5.43. The lowest BCUT2D eigenvalue weighted by Crippen LogP contribution is -2.61. The second kappa shape index (κ2) is 7.41. The standard InChI is InChI=1S/C22H23N9S/c1-29-13-22(14-29,4-5-23)31-11-15(8-25-31)19-20-18(3-7-32-20)27-21(28-19)26-16-2-6-30(12-16)17-9-24-10-17/h2-3,6-8,11-12,17,24H,4,9-10,13-14H2,1H3,(H,26,27,28). The first-order valence-electron chi connectivity index (χ1n) is 10.6. The molecule has 2 aliphatic rings. The van der Waals surface area contributed by atoms with Gasteiger partial charge >= 0.3 is 0 Å². The quantitative estimate of drug-likeness (QED) is 0.471. The van der Waals surface area contributed by atoms with Crippen molar-refractivity contribution in [3.63, 3.8) is 0 Å². The van der Waals surface area contributed by atoms with Crippen LogP contribution in [0.5, 0.6) is 0 Å². The van der Waals surface area contributed by atoms with Gasteiger partial charge in [-0.3, -0.25) is 4.68 Å². The summed E-state index contributed by atoms with van der Waals surface area (Å²) in [5.74, 6) is 0.568. The number of nitrogens with zero attached hydrogens (tertiary/aromatic N) is 7. The molecule has 0 saturated carbocycles. The summed E-state index contributed by atoms with van der Waals surface area (Å²) >= 11 is 1.63. The van der Waals surface area contributed by atoms with E-state index >= 15 is 0 Å². The smallest absolute Gasteiger partial charge is 0.228 e. The topological polar surface area (TPSA) is 99.6 Å². The monoisotopic (exact) mass is 445 g/mol. The highest BCUT2D eigenvalue weighted by atomic mass is 32.1. The van der Waals surface area contributed by atoms with Crippen LogP contribution in [0.4, 0.5) is 11.6 Å². The first-order chi connectivity index (χ1) is 15.6. The predicted molar refractivity (Wildman–Crippen MR) is 124 cm³/mol. The van der Waals surface area contributed by atoms with Crippen molar-refractivity contribution in [3.05, 3.63) is 42.3 Å². The fourth-order valence-electron chi connectivity index (χ4n) is 4.59. The molecular weight excluding hydrogens is 422 g/mol. The summed E-state index contributed by atoms with van der Waals surface area (Å²) in [5, 5.41) is 22.7. The highest BCUT2D eigenvalue weighted by molar-refractivity contribution is 7.17. The van der Waals surface area contributed by atoms with Crippen LogP contribution >= 0.6 is 11.3 Å². The number of nitrogens with one attached hydrogen (secondary N) is 2. The Morgan fingerprint density at radius 3 is 2.91 bits per heavy atom. The number of likely N-dealkylation sites (tertiary alicyclic amines) is 1. The minimum Gasteiger partial charge on any atom is -0.347 e. The molecule has 10 heteroatoms. The van der Waals surface area contributed by atoms with Crippen LogP contribution in [0.3, 0.4) is 0 Å². The van der Waals surface area contributed by atoms with E-state index in [1.807, 2.05) is 28.5 Å². The van der Waals surface area contributed by atoms with E-state index in [2.05, 4.69) is 56.8 Å². The van der Waals surface area contributed by atoms with Crippen LogP contribution in [0, 0.1) is 11.3 Å². The highest BCUT2D eigenvalue weighted by Crippen LogP contribution is 2.35. The van der Waals surface area contributed by atoms with Gasteiger partial charge < -0.3 is 20.1 Å². The van der Waals surface area contributed by atoms with E-state index in [1.165, 1.54) is 0 Å². The van der Waals surface area contributed by atoms with E-state index in [4.69, 9.17) is 9.97 Å². The average molecular weight is 446 g/mol. The van der Waals surface area contributed by atoms with E-state index in [1.54, 1.807) is 11.3 Å². The molecule has 0 spiro atoms. The Kier molecular flexibility index (Phi) is 4.50. The maximum Gasteiger partial charge on any atom is 0.228 e. The lowest BCUT2D eigenvalue weighted by molar-refractivity contribution is 0.0265. The van der Waals surface area contributed by atoms with Crippen LogP contribution in [-0.4, -0.2) is 62.4 Å². The molecule has 6 heterocycles. The molecule has 32 heavy (non-hydrogen) atoms. The Labute approximate surface area is 189 Å². The molecule has 0 aliphatic carbocycles. The Bertz CT molecular complexity index is 1320. The van der Waals surface area contributed by atoms with Gasteiger partial charge in [0, 0.05) is 50.3 Å². The van der Waals surface area contributed by atoms with Crippen molar-refractivity contribution in [1.29, 1.82) is 5.26 Å². The van der Waals surface area contributed by atoms with Crippen LogP contribution in [0.25, 0.3) is 21.5 Å². The third kappa shape index (κ3) is 3.17. The molecule has 0 unspecified atom stereocenters.